The van der Waals surface area contributed by atoms with Gasteiger partial charge in [0.2, 0.25) is 5.91 Å². The fourth-order valence-corrected chi connectivity index (χ4v) is 2.59. The highest BCUT2D eigenvalue weighted by atomic mass is 16.5. The normalized spacial score (nSPS) is 22.2. The summed E-state index contributed by atoms with van der Waals surface area (Å²) >= 11 is 0. The highest BCUT2D eigenvalue weighted by Crippen LogP contribution is 2.20. The maximum atomic E-state index is 12.0. The van der Waals surface area contributed by atoms with Gasteiger partial charge in [-0.05, 0) is 31.0 Å². The molecule has 0 radical (unpaired) electrons. The molecule has 0 unspecified atom stereocenters. The zero-order valence-electron chi connectivity index (χ0n) is 11.2. The molecule has 0 bridgehead atoms. The minimum Gasteiger partial charge on any atom is -0.378 e. The SMILES string of the molecule is C[C@@H]1OCC[C@@H]1C(=O)NCc1ccc2[nH]c(=O)[nH]c2c1. The van der Waals surface area contributed by atoms with Gasteiger partial charge in [0.25, 0.3) is 0 Å². The van der Waals surface area contributed by atoms with E-state index in [2.05, 4.69) is 15.3 Å². The quantitative estimate of drug-likeness (QED) is 0.777. The molecule has 1 aliphatic heterocycles. The zero-order chi connectivity index (χ0) is 14.1. The Morgan fingerprint density at radius 3 is 2.95 bits per heavy atom. The van der Waals surface area contributed by atoms with Crippen molar-refractivity contribution in [3.05, 3.63) is 34.2 Å². The molecule has 1 aromatic heterocycles. The molecule has 0 saturated carbocycles. The van der Waals surface area contributed by atoms with Crippen LogP contribution in [0, 0.1) is 5.92 Å². The molecule has 2 atom stereocenters. The summed E-state index contributed by atoms with van der Waals surface area (Å²) in [6.45, 7) is 3.02. The van der Waals surface area contributed by atoms with Crippen LogP contribution in [-0.2, 0) is 16.1 Å². The smallest absolute Gasteiger partial charge is 0.323 e. The Hall–Kier alpha value is -2.08. The van der Waals surface area contributed by atoms with Gasteiger partial charge in [-0.1, -0.05) is 6.07 Å². The fraction of sp³-hybridized carbons (Fsp3) is 0.429. The van der Waals surface area contributed by atoms with Gasteiger partial charge in [0.1, 0.15) is 0 Å². The summed E-state index contributed by atoms with van der Waals surface area (Å²) in [7, 11) is 0. The van der Waals surface area contributed by atoms with Crippen LogP contribution in [0.2, 0.25) is 0 Å². The first kappa shape index (κ1) is 12.9. The molecule has 3 N–H and O–H groups in total. The molecule has 1 saturated heterocycles. The second-order valence-corrected chi connectivity index (χ2v) is 5.15. The van der Waals surface area contributed by atoms with Crippen LogP contribution >= 0.6 is 0 Å². The summed E-state index contributed by atoms with van der Waals surface area (Å²) in [5, 5.41) is 2.92. The molecule has 0 aliphatic carbocycles. The standard InChI is InChI=1S/C14H17N3O3/c1-8-10(4-5-20-8)13(18)15-7-9-2-3-11-12(6-9)17-14(19)16-11/h2-3,6,8,10H,4-5,7H2,1H3,(H,15,18)(H2,16,17,19)/t8-,10-/m0/s1. The van der Waals surface area contributed by atoms with Gasteiger partial charge < -0.3 is 20.0 Å². The monoisotopic (exact) mass is 275 g/mol. The summed E-state index contributed by atoms with van der Waals surface area (Å²) < 4.78 is 5.39. The number of ether oxygens (including phenoxy) is 1. The molecule has 20 heavy (non-hydrogen) atoms. The maximum Gasteiger partial charge on any atom is 0.323 e. The van der Waals surface area contributed by atoms with E-state index in [0.29, 0.717) is 13.2 Å². The van der Waals surface area contributed by atoms with Gasteiger partial charge in [-0.2, -0.15) is 0 Å². The molecule has 1 aromatic carbocycles. The second-order valence-electron chi connectivity index (χ2n) is 5.15. The van der Waals surface area contributed by atoms with E-state index < -0.39 is 0 Å². The number of benzene rings is 1. The molecular formula is C14H17N3O3. The summed E-state index contributed by atoms with van der Waals surface area (Å²) in [5.41, 5.74) is 2.24. The van der Waals surface area contributed by atoms with Crippen molar-refractivity contribution in [2.24, 2.45) is 5.92 Å². The highest BCUT2D eigenvalue weighted by Gasteiger charge is 2.30. The third kappa shape index (κ3) is 2.46. The van der Waals surface area contributed by atoms with E-state index in [1.807, 2.05) is 25.1 Å². The third-order valence-corrected chi connectivity index (χ3v) is 3.76. The van der Waals surface area contributed by atoms with Crippen LogP contribution in [0.1, 0.15) is 18.9 Å². The van der Waals surface area contributed by atoms with Gasteiger partial charge in [0.15, 0.2) is 0 Å². The summed E-state index contributed by atoms with van der Waals surface area (Å²) in [5.74, 6) is -0.0385. The van der Waals surface area contributed by atoms with Crippen LogP contribution < -0.4 is 11.0 Å². The largest absolute Gasteiger partial charge is 0.378 e. The predicted molar refractivity (Wildman–Crippen MR) is 74.3 cm³/mol. The summed E-state index contributed by atoms with van der Waals surface area (Å²) in [6, 6.07) is 5.58. The molecular weight excluding hydrogens is 258 g/mol. The lowest BCUT2D eigenvalue weighted by atomic mass is 10.0. The van der Waals surface area contributed by atoms with Crippen LogP contribution in [0.25, 0.3) is 11.0 Å². The Kier molecular flexibility index (Phi) is 3.31. The molecule has 1 fully saturated rings. The van der Waals surface area contributed by atoms with Gasteiger partial charge >= 0.3 is 5.69 Å². The van der Waals surface area contributed by atoms with Crippen molar-refractivity contribution >= 4 is 16.9 Å². The number of carbonyl (C=O) groups excluding carboxylic acids is 1. The molecule has 2 heterocycles. The summed E-state index contributed by atoms with van der Waals surface area (Å²) in [4.78, 5) is 28.6. The Labute approximate surface area is 115 Å². The topological polar surface area (TPSA) is 87.0 Å². The van der Waals surface area contributed by atoms with Crippen molar-refractivity contribution in [3.63, 3.8) is 0 Å². The van der Waals surface area contributed by atoms with Crippen molar-refractivity contribution in [3.8, 4) is 0 Å². The first-order valence-corrected chi connectivity index (χ1v) is 6.74. The number of hydrogen-bond donors (Lipinski definition) is 3. The number of imidazole rings is 1. The molecule has 6 heteroatoms. The minimum atomic E-state index is -0.224. The number of aromatic amines is 2. The van der Waals surface area contributed by atoms with Crippen molar-refractivity contribution < 1.29 is 9.53 Å². The van der Waals surface area contributed by atoms with E-state index in [4.69, 9.17) is 4.74 Å². The van der Waals surface area contributed by atoms with E-state index in [9.17, 15) is 9.59 Å². The van der Waals surface area contributed by atoms with E-state index in [0.717, 1.165) is 23.0 Å². The van der Waals surface area contributed by atoms with Crippen LogP contribution in [0.4, 0.5) is 0 Å². The fourth-order valence-electron chi connectivity index (χ4n) is 2.59. The number of nitrogens with one attached hydrogen (secondary N) is 3. The first-order valence-electron chi connectivity index (χ1n) is 6.74. The Morgan fingerprint density at radius 2 is 2.20 bits per heavy atom. The van der Waals surface area contributed by atoms with Gasteiger partial charge in [-0.25, -0.2) is 4.79 Å². The van der Waals surface area contributed by atoms with Crippen molar-refractivity contribution in [2.45, 2.75) is 26.0 Å². The molecule has 1 amide bonds. The number of aromatic nitrogens is 2. The lowest BCUT2D eigenvalue weighted by molar-refractivity contribution is -0.126. The van der Waals surface area contributed by atoms with Crippen LogP contribution in [0.5, 0.6) is 0 Å². The molecule has 1 aliphatic rings. The summed E-state index contributed by atoms with van der Waals surface area (Å²) in [6.07, 6.45) is 0.760. The third-order valence-electron chi connectivity index (χ3n) is 3.76. The number of carbonyl (C=O) groups is 1. The lowest BCUT2D eigenvalue weighted by Crippen LogP contribution is -2.33. The molecule has 0 spiro atoms. The van der Waals surface area contributed by atoms with E-state index >= 15 is 0 Å². The van der Waals surface area contributed by atoms with Crippen molar-refractivity contribution in [1.82, 2.24) is 15.3 Å². The van der Waals surface area contributed by atoms with Crippen LogP contribution in [0.3, 0.4) is 0 Å². The lowest BCUT2D eigenvalue weighted by Gasteiger charge is -2.14. The van der Waals surface area contributed by atoms with Gasteiger partial charge in [0.05, 0.1) is 23.1 Å². The van der Waals surface area contributed by atoms with E-state index in [1.165, 1.54) is 0 Å². The van der Waals surface area contributed by atoms with Crippen molar-refractivity contribution in [1.29, 1.82) is 0 Å². The van der Waals surface area contributed by atoms with Crippen molar-refractivity contribution in [2.75, 3.05) is 6.61 Å². The number of hydrogen-bond acceptors (Lipinski definition) is 3. The Morgan fingerprint density at radius 1 is 1.40 bits per heavy atom. The first-order chi connectivity index (χ1) is 9.63. The Bertz CT molecular complexity index is 688. The number of amides is 1. The Balaban J connectivity index is 1.67. The average molecular weight is 275 g/mol. The van der Waals surface area contributed by atoms with Crippen LogP contribution in [0.15, 0.2) is 23.0 Å². The van der Waals surface area contributed by atoms with Gasteiger partial charge in [-0.15, -0.1) is 0 Å². The molecule has 2 aromatic rings. The van der Waals surface area contributed by atoms with E-state index in [-0.39, 0.29) is 23.6 Å². The average Bonchev–Trinajstić information content (AvgIpc) is 3.00. The second kappa shape index (κ2) is 5.13. The highest BCUT2D eigenvalue weighted by molar-refractivity contribution is 5.80. The zero-order valence-corrected chi connectivity index (χ0v) is 11.2. The predicted octanol–water partition coefficient (Wildman–Crippen LogP) is 0.897. The van der Waals surface area contributed by atoms with Gasteiger partial charge in [0, 0.05) is 13.2 Å². The van der Waals surface area contributed by atoms with Crippen LogP contribution in [-0.4, -0.2) is 28.6 Å². The minimum absolute atomic E-state index is 0.0153. The number of fused-ring (bicyclic) bond motifs is 1. The number of rotatable bonds is 3. The molecule has 106 valence electrons. The van der Waals surface area contributed by atoms with E-state index in [1.54, 1.807) is 0 Å². The number of H-pyrrole nitrogens is 2. The maximum absolute atomic E-state index is 12.0. The van der Waals surface area contributed by atoms with Gasteiger partial charge in [-0.3, -0.25) is 4.79 Å². The molecule has 3 rings (SSSR count). The molecule has 6 nitrogen and oxygen atoms in total.